The van der Waals surface area contributed by atoms with Gasteiger partial charge in [0.25, 0.3) is 0 Å². The van der Waals surface area contributed by atoms with Gasteiger partial charge in [0.15, 0.2) is 11.5 Å². The van der Waals surface area contributed by atoms with Crippen molar-refractivity contribution in [3.63, 3.8) is 0 Å². The van der Waals surface area contributed by atoms with E-state index in [2.05, 4.69) is 44.9 Å². The first kappa shape index (κ1) is 12.2. The molecule has 5 nitrogen and oxygen atoms in total. The lowest BCUT2D eigenvalue weighted by Gasteiger charge is -2.14. The third kappa shape index (κ3) is 2.11. The van der Waals surface area contributed by atoms with Crippen molar-refractivity contribution in [1.82, 2.24) is 14.4 Å². The van der Waals surface area contributed by atoms with Gasteiger partial charge in [-0.05, 0) is 24.0 Å². The predicted molar refractivity (Wildman–Crippen MR) is 83.8 cm³/mol. The third-order valence-corrected chi connectivity index (χ3v) is 4.02. The zero-order chi connectivity index (χ0) is 14.2. The molecule has 3 aromatic rings. The summed E-state index contributed by atoms with van der Waals surface area (Å²) in [5.41, 5.74) is 3.73. The van der Waals surface area contributed by atoms with Crippen LogP contribution < -0.4 is 10.6 Å². The molecule has 0 unspecified atom stereocenters. The zero-order valence-electron chi connectivity index (χ0n) is 11.9. The van der Waals surface area contributed by atoms with Gasteiger partial charge < -0.3 is 15.0 Å². The van der Waals surface area contributed by atoms with Crippen molar-refractivity contribution >= 4 is 17.3 Å². The Labute approximate surface area is 123 Å². The lowest BCUT2D eigenvalue weighted by atomic mass is 10.1. The molecule has 0 saturated heterocycles. The van der Waals surface area contributed by atoms with Crippen LogP contribution in [0.5, 0.6) is 0 Å². The Morgan fingerprint density at radius 2 is 1.95 bits per heavy atom. The van der Waals surface area contributed by atoms with Gasteiger partial charge in [0, 0.05) is 25.5 Å². The Morgan fingerprint density at radius 1 is 1.19 bits per heavy atom. The number of rotatable bonds is 3. The first-order valence-electron chi connectivity index (χ1n) is 7.18. The lowest BCUT2D eigenvalue weighted by molar-refractivity contribution is 0.768. The molecule has 1 aliphatic carbocycles. The molecule has 5 heteroatoms. The van der Waals surface area contributed by atoms with E-state index in [-0.39, 0.29) is 0 Å². The smallest absolute Gasteiger partial charge is 0.180 e. The maximum absolute atomic E-state index is 4.61. The van der Waals surface area contributed by atoms with E-state index < -0.39 is 0 Å². The zero-order valence-corrected chi connectivity index (χ0v) is 11.9. The van der Waals surface area contributed by atoms with Crippen molar-refractivity contribution in [3.05, 3.63) is 54.0 Å². The van der Waals surface area contributed by atoms with Crippen LogP contribution in [0.1, 0.15) is 11.1 Å². The van der Waals surface area contributed by atoms with E-state index in [1.165, 1.54) is 11.1 Å². The van der Waals surface area contributed by atoms with Crippen LogP contribution in [0.2, 0.25) is 0 Å². The molecule has 0 amide bonds. The van der Waals surface area contributed by atoms with Crippen LogP contribution in [0.15, 0.2) is 42.9 Å². The molecule has 4 rings (SSSR count). The Balaban J connectivity index is 1.65. The highest BCUT2D eigenvalue weighted by Crippen LogP contribution is 2.25. The summed E-state index contributed by atoms with van der Waals surface area (Å²) in [4.78, 5) is 9.01. The molecular weight excluding hydrogens is 262 g/mol. The minimum atomic E-state index is 0.377. The summed E-state index contributed by atoms with van der Waals surface area (Å²) in [6.45, 7) is 0. The van der Waals surface area contributed by atoms with Gasteiger partial charge in [0.1, 0.15) is 5.82 Å². The van der Waals surface area contributed by atoms with Crippen LogP contribution in [0.3, 0.4) is 0 Å². The van der Waals surface area contributed by atoms with Crippen LogP contribution >= 0.6 is 0 Å². The van der Waals surface area contributed by atoms with Crippen LogP contribution in [-0.4, -0.2) is 27.5 Å². The predicted octanol–water partition coefficient (Wildman–Crippen LogP) is 2.35. The topological polar surface area (TPSA) is 54.2 Å². The van der Waals surface area contributed by atoms with Gasteiger partial charge >= 0.3 is 0 Å². The standard InChI is InChI=1S/C16H17N5/c1-17-14-10-21-7-6-18-16(21)15(20-14)19-13-8-11-4-2-3-5-12(11)9-13/h2-7,10,13,17H,8-9H2,1H3,(H,19,20). The minimum absolute atomic E-state index is 0.377. The fourth-order valence-electron chi connectivity index (χ4n) is 3.00. The van der Waals surface area contributed by atoms with Crippen LogP contribution in [0.4, 0.5) is 11.6 Å². The molecule has 0 bridgehead atoms. The molecule has 2 heterocycles. The number of hydrogen-bond donors (Lipinski definition) is 2. The largest absolute Gasteiger partial charge is 0.372 e. The second kappa shape index (κ2) is 4.77. The van der Waals surface area contributed by atoms with Gasteiger partial charge in [0.2, 0.25) is 0 Å². The number of anilines is 2. The Kier molecular flexibility index (Phi) is 2.77. The second-order valence-electron chi connectivity index (χ2n) is 5.40. The Bertz CT molecular complexity index is 767. The first-order chi connectivity index (χ1) is 10.3. The van der Waals surface area contributed by atoms with E-state index in [0.29, 0.717) is 6.04 Å². The van der Waals surface area contributed by atoms with Crippen molar-refractivity contribution in [3.8, 4) is 0 Å². The molecule has 0 aliphatic heterocycles. The molecule has 0 spiro atoms. The van der Waals surface area contributed by atoms with Crippen LogP contribution in [-0.2, 0) is 12.8 Å². The minimum Gasteiger partial charge on any atom is -0.372 e. The fraction of sp³-hybridized carbons (Fsp3) is 0.250. The van der Waals surface area contributed by atoms with Gasteiger partial charge in [-0.1, -0.05) is 24.3 Å². The van der Waals surface area contributed by atoms with Crippen molar-refractivity contribution in [2.45, 2.75) is 18.9 Å². The van der Waals surface area contributed by atoms with Crippen molar-refractivity contribution in [1.29, 1.82) is 0 Å². The summed E-state index contributed by atoms with van der Waals surface area (Å²) in [5.74, 6) is 1.67. The van der Waals surface area contributed by atoms with Gasteiger partial charge in [-0.2, -0.15) is 0 Å². The van der Waals surface area contributed by atoms with Crippen LogP contribution in [0.25, 0.3) is 5.65 Å². The van der Waals surface area contributed by atoms with E-state index >= 15 is 0 Å². The van der Waals surface area contributed by atoms with E-state index in [4.69, 9.17) is 0 Å². The van der Waals surface area contributed by atoms with E-state index in [1.54, 1.807) is 6.20 Å². The molecule has 0 atom stereocenters. The average Bonchev–Trinajstić information content (AvgIpc) is 3.12. The van der Waals surface area contributed by atoms with Gasteiger partial charge in [0.05, 0.1) is 6.20 Å². The van der Waals surface area contributed by atoms with E-state index in [0.717, 1.165) is 30.1 Å². The lowest BCUT2D eigenvalue weighted by Crippen LogP contribution is -2.21. The highest BCUT2D eigenvalue weighted by molar-refractivity contribution is 5.66. The number of hydrogen-bond acceptors (Lipinski definition) is 4. The van der Waals surface area contributed by atoms with E-state index in [1.807, 2.05) is 23.8 Å². The Morgan fingerprint density at radius 3 is 2.67 bits per heavy atom. The highest BCUT2D eigenvalue weighted by Gasteiger charge is 2.22. The average molecular weight is 279 g/mol. The van der Waals surface area contributed by atoms with Gasteiger partial charge in [-0.3, -0.25) is 0 Å². The number of imidazole rings is 1. The van der Waals surface area contributed by atoms with Gasteiger partial charge in [-0.25, -0.2) is 9.97 Å². The summed E-state index contributed by atoms with van der Waals surface area (Å²) in [6, 6.07) is 9.00. The second-order valence-corrected chi connectivity index (χ2v) is 5.40. The molecular formula is C16H17N5. The third-order valence-electron chi connectivity index (χ3n) is 4.02. The van der Waals surface area contributed by atoms with Crippen molar-refractivity contribution in [2.75, 3.05) is 17.7 Å². The number of aromatic nitrogens is 3. The van der Waals surface area contributed by atoms with E-state index in [9.17, 15) is 0 Å². The summed E-state index contributed by atoms with van der Waals surface area (Å²) in [5, 5.41) is 6.65. The molecule has 0 radical (unpaired) electrons. The molecule has 21 heavy (non-hydrogen) atoms. The summed E-state index contributed by atoms with van der Waals surface area (Å²) < 4.78 is 1.99. The van der Waals surface area contributed by atoms with Gasteiger partial charge in [-0.15, -0.1) is 0 Å². The molecule has 2 N–H and O–H groups in total. The maximum atomic E-state index is 4.61. The summed E-state index contributed by atoms with van der Waals surface area (Å²) in [6.07, 6.45) is 7.75. The SMILES string of the molecule is CNc1cn2ccnc2c(NC2Cc3ccccc3C2)n1. The molecule has 106 valence electrons. The number of nitrogens with one attached hydrogen (secondary N) is 2. The molecule has 0 fully saturated rings. The normalized spacial score (nSPS) is 14.3. The van der Waals surface area contributed by atoms with Crippen molar-refractivity contribution < 1.29 is 0 Å². The summed E-state index contributed by atoms with van der Waals surface area (Å²) in [7, 11) is 1.88. The number of fused-ring (bicyclic) bond motifs is 2. The fourth-order valence-corrected chi connectivity index (χ4v) is 3.00. The molecule has 1 aromatic carbocycles. The first-order valence-corrected chi connectivity index (χ1v) is 7.18. The molecule has 0 saturated carbocycles. The number of benzene rings is 1. The number of nitrogens with zero attached hydrogens (tertiary/aromatic N) is 3. The highest BCUT2D eigenvalue weighted by atomic mass is 15.1. The van der Waals surface area contributed by atoms with Crippen molar-refractivity contribution in [2.24, 2.45) is 0 Å². The molecule has 1 aliphatic rings. The van der Waals surface area contributed by atoms with Crippen LogP contribution in [0, 0.1) is 0 Å². The Hall–Kier alpha value is -2.56. The molecule has 2 aromatic heterocycles. The quantitative estimate of drug-likeness (QED) is 0.773. The monoisotopic (exact) mass is 279 g/mol. The summed E-state index contributed by atoms with van der Waals surface area (Å²) >= 11 is 0. The maximum Gasteiger partial charge on any atom is 0.180 e.